The van der Waals surface area contributed by atoms with Crippen LogP contribution in [0.2, 0.25) is 0 Å². The van der Waals surface area contributed by atoms with Crippen LogP contribution in [0.15, 0.2) is 59.5 Å². The lowest BCUT2D eigenvalue weighted by atomic mass is 10.1. The molecule has 0 bridgehead atoms. The van der Waals surface area contributed by atoms with Crippen molar-refractivity contribution in [3.8, 4) is 11.4 Å². The second-order valence-corrected chi connectivity index (χ2v) is 7.08. The molecule has 0 fully saturated rings. The van der Waals surface area contributed by atoms with E-state index in [1.54, 1.807) is 16.7 Å². The first-order chi connectivity index (χ1) is 15.0. The highest BCUT2D eigenvalue weighted by Crippen LogP contribution is 2.26. The second-order valence-electron chi connectivity index (χ2n) is 7.08. The molecular formula is C23H19F2N3O3. The average Bonchev–Trinajstić information content (AvgIpc) is 3.10. The monoisotopic (exact) mass is 423 g/mol. The number of fused-ring (bicyclic) bond motifs is 1. The number of hydrogen-bond donors (Lipinski definition) is 1. The molecule has 1 N–H and O–H groups in total. The minimum atomic E-state index is -0.999. The molecule has 0 aliphatic rings. The number of aromatic amines is 1. The number of halogens is 2. The molecule has 6 nitrogen and oxygen atoms in total. The lowest BCUT2D eigenvalue weighted by Gasteiger charge is -2.10. The van der Waals surface area contributed by atoms with Crippen molar-refractivity contribution in [3.05, 3.63) is 87.8 Å². The third-order valence-corrected chi connectivity index (χ3v) is 5.06. The number of aryl methyl sites for hydroxylation is 1. The summed E-state index contributed by atoms with van der Waals surface area (Å²) in [6, 6.07) is 12.9. The number of nitrogens with zero attached hydrogens (tertiary/aromatic N) is 2. The van der Waals surface area contributed by atoms with Gasteiger partial charge < -0.3 is 14.3 Å². The summed E-state index contributed by atoms with van der Waals surface area (Å²) in [5.74, 6) is -1.95. The highest BCUT2D eigenvalue weighted by atomic mass is 19.2. The highest BCUT2D eigenvalue weighted by molar-refractivity contribution is 5.81. The van der Waals surface area contributed by atoms with Crippen molar-refractivity contribution in [2.75, 3.05) is 7.11 Å². The molecule has 4 rings (SSSR count). The van der Waals surface area contributed by atoms with Gasteiger partial charge in [-0.2, -0.15) is 0 Å². The number of ether oxygens (including phenoxy) is 1. The first-order valence-electron chi connectivity index (χ1n) is 9.64. The van der Waals surface area contributed by atoms with E-state index in [0.29, 0.717) is 29.9 Å². The second kappa shape index (κ2) is 8.51. The van der Waals surface area contributed by atoms with Crippen LogP contribution in [0.3, 0.4) is 0 Å². The number of methoxy groups -OCH3 is 1. The van der Waals surface area contributed by atoms with E-state index in [9.17, 15) is 18.4 Å². The van der Waals surface area contributed by atoms with E-state index in [1.165, 1.54) is 13.3 Å². The van der Waals surface area contributed by atoms with Crippen molar-refractivity contribution in [1.29, 1.82) is 0 Å². The van der Waals surface area contributed by atoms with Gasteiger partial charge >= 0.3 is 5.97 Å². The van der Waals surface area contributed by atoms with E-state index >= 15 is 0 Å². The number of hydrogen-bond acceptors (Lipinski definition) is 4. The third kappa shape index (κ3) is 4.23. The predicted molar refractivity (Wildman–Crippen MR) is 112 cm³/mol. The lowest BCUT2D eigenvalue weighted by molar-refractivity contribution is -0.140. The molecule has 0 amide bonds. The van der Waals surface area contributed by atoms with Gasteiger partial charge in [0.2, 0.25) is 0 Å². The molecule has 0 aliphatic carbocycles. The van der Waals surface area contributed by atoms with E-state index in [-0.39, 0.29) is 23.5 Å². The maximum atomic E-state index is 14.0. The summed E-state index contributed by atoms with van der Waals surface area (Å²) in [5.41, 5.74) is 2.43. The van der Waals surface area contributed by atoms with E-state index in [1.807, 2.05) is 24.3 Å². The van der Waals surface area contributed by atoms with E-state index < -0.39 is 11.6 Å². The van der Waals surface area contributed by atoms with Crippen molar-refractivity contribution in [1.82, 2.24) is 14.5 Å². The topological polar surface area (TPSA) is 77.0 Å². The van der Waals surface area contributed by atoms with Crippen LogP contribution in [0.1, 0.15) is 17.5 Å². The Hall–Kier alpha value is -3.81. The molecule has 31 heavy (non-hydrogen) atoms. The fourth-order valence-electron chi connectivity index (χ4n) is 3.43. The van der Waals surface area contributed by atoms with Crippen molar-refractivity contribution >= 4 is 17.0 Å². The number of H-pyrrole nitrogens is 1. The summed E-state index contributed by atoms with van der Waals surface area (Å²) in [4.78, 5) is 30.7. The van der Waals surface area contributed by atoms with Crippen LogP contribution in [0, 0.1) is 11.6 Å². The van der Waals surface area contributed by atoms with Gasteiger partial charge in [0, 0.05) is 31.3 Å². The van der Waals surface area contributed by atoms with Crippen LogP contribution in [-0.2, 0) is 22.5 Å². The molecule has 0 radical (unpaired) electrons. The first-order valence-corrected chi connectivity index (χ1v) is 9.64. The number of carbonyl (C=O) groups is 1. The van der Waals surface area contributed by atoms with Crippen molar-refractivity contribution in [2.45, 2.75) is 19.4 Å². The van der Waals surface area contributed by atoms with Gasteiger partial charge in [-0.3, -0.25) is 9.59 Å². The number of rotatable bonds is 6. The van der Waals surface area contributed by atoms with Gasteiger partial charge in [0.05, 0.1) is 23.7 Å². The fraction of sp³-hybridized carbons (Fsp3) is 0.174. The molecule has 2 heterocycles. The molecule has 0 unspecified atom stereocenters. The average molecular weight is 423 g/mol. The Morgan fingerprint density at radius 2 is 1.81 bits per heavy atom. The number of carbonyl (C=O) groups excluding carboxylic acids is 1. The highest BCUT2D eigenvalue weighted by Gasteiger charge is 2.18. The van der Waals surface area contributed by atoms with Gasteiger partial charge in [-0.25, -0.2) is 13.8 Å². The first kappa shape index (κ1) is 20.5. The van der Waals surface area contributed by atoms with Crippen LogP contribution >= 0.6 is 0 Å². The summed E-state index contributed by atoms with van der Waals surface area (Å²) in [6.07, 6.45) is 2.34. The minimum Gasteiger partial charge on any atom is -0.469 e. The standard InChI is InChI=1S/C23H19F2N3O3/c1-31-21(29)9-8-14-4-6-15(7-5-14)13-28-20-12-18(25)17(24)11-19(20)27-22(28)16-3-2-10-26-23(16)30/h2-7,10-12H,8-9,13H2,1H3,(H,26,30). The van der Waals surface area contributed by atoms with E-state index in [4.69, 9.17) is 0 Å². The van der Waals surface area contributed by atoms with Crippen LogP contribution < -0.4 is 5.56 Å². The SMILES string of the molecule is COC(=O)CCc1ccc(Cn2c(-c3ccc[nH]c3=O)nc3cc(F)c(F)cc32)cc1. The Morgan fingerprint density at radius 3 is 2.52 bits per heavy atom. The van der Waals surface area contributed by atoms with Gasteiger partial charge in [-0.1, -0.05) is 24.3 Å². The van der Waals surface area contributed by atoms with Gasteiger partial charge in [0.25, 0.3) is 5.56 Å². The summed E-state index contributed by atoms with van der Waals surface area (Å²) in [6.45, 7) is 0.294. The van der Waals surface area contributed by atoms with Gasteiger partial charge in [0.1, 0.15) is 5.82 Å². The molecule has 158 valence electrons. The van der Waals surface area contributed by atoms with Crippen molar-refractivity contribution in [3.63, 3.8) is 0 Å². The molecule has 0 saturated carbocycles. The molecule has 2 aromatic heterocycles. The van der Waals surface area contributed by atoms with E-state index in [0.717, 1.165) is 23.3 Å². The zero-order chi connectivity index (χ0) is 22.0. The van der Waals surface area contributed by atoms with E-state index in [2.05, 4.69) is 14.7 Å². The Kier molecular flexibility index (Phi) is 5.62. The quantitative estimate of drug-likeness (QED) is 0.479. The largest absolute Gasteiger partial charge is 0.469 e. The zero-order valence-corrected chi connectivity index (χ0v) is 16.7. The molecule has 4 aromatic rings. The number of benzene rings is 2. The van der Waals surface area contributed by atoms with Crippen LogP contribution in [0.4, 0.5) is 8.78 Å². The van der Waals surface area contributed by atoms with Crippen LogP contribution in [-0.4, -0.2) is 27.6 Å². The summed E-state index contributed by atoms with van der Waals surface area (Å²) < 4.78 is 34.1. The van der Waals surface area contributed by atoms with Crippen LogP contribution in [0.5, 0.6) is 0 Å². The van der Waals surface area contributed by atoms with Crippen LogP contribution in [0.25, 0.3) is 22.4 Å². The van der Waals surface area contributed by atoms with Crippen molar-refractivity contribution < 1.29 is 18.3 Å². The Balaban J connectivity index is 1.73. The number of esters is 1. The smallest absolute Gasteiger partial charge is 0.305 e. The molecular weight excluding hydrogens is 404 g/mol. The molecule has 2 aromatic carbocycles. The number of nitrogens with one attached hydrogen (secondary N) is 1. The summed E-state index contributed by atoms with van der Waals surface area (Å²) in [5, 5.41) is 0. The normalized spacial score (nSPS) is 11.1. The lowest BCUT2D eigenvalue weighted by Crippen LogP contribution is -2.11. The minimum absolute atomic E-state index is 0.256. The maximum absolute atomic E-state index is 14.0. The van der Waals surface area contributed by atoms with Crippen molar-refractivity contribution in [2.24, 2.45) is 0 Å². The Bertz CT molecular complexity index is 1310. The number of pyridine rings is 1. The number of aromatic nitrogens is 3. The summed E-state index contributed by atoms with van der Waals surface area (Å²) in [7, 11) is 1.35. The Labute approximate surface area is 176 Å². The van der Waals surface area contributed by atoms with Gasteiger partial charge in [0.15, 0.2) is 11.6 Å². The van der Waals surface area contributed by atoms with Gasteiger partial charge in [-0.05, 0) is 29.7 Å². The molecule has 0 aliphatic heterocycles. The third-order valence-electron chi connectivity index (χ3n) is 5.06. The van der Waals surface area contributed by atoms with Gasteiger partial charge in [-0.15, -0.1) is 0 Å². The Morgan fingerprint density at radius 1 is 1.10 bits per heavy atom. The zero-order valence-electron chi connectivity index (χ0n) is 16.7. The summed E-state index contributed by atoms with van der Waals surface area (Å²) >= 11 is 0. The molecule has 0 atom stereocenters. The fourth-order valence-corrected chi connectivity index (χ4v) is 3.43. The maximum Gasteiger partial charge on any atom is 0.305 e. The number of imidazole rings is 1. The molecule has 0 saturated heterocycles. The molecule has 0 spiro atoms. The molecule has 8 heteroatoms. The predicted octanol–water partition coefficient (Wildman–Crippen LogP) is 3.82.